The first-order valence-corrected chi connectivity index (χ1v) is 10.8. The van der Waals surface area contributed by atoms with Crippen LogP contribution in [0.5, 0.6) is 0 Å². The van der Waals surface area contributed by atoms with Gasteiger partial charge in [-0.1, -0.05) is 19.1 Å². The highest BCUT2D eigenvalue weighted by Gasteiger charge is 2.29. The zero-order valence-electron chi connectivity index (χ0n) is 17.3. The molecule has 0 radical (unpaired) electrons. The summed E-state index contributed by atoms with van der Waals surface area (Å²) < 4.78 is 0. The first-order valence-electron chi connectivity index (χ1n) is 10.8. The standard InChI is InChI=1S/C23H34N2O3/c1-3-21-16-25(13-12-24(21)15-17(2)26)23(28)11-10-22(27)20-9-8-18-6-4-5-7-19(18)14-20/h8-9,14,17,21,26H,3-7,10-13,15-16H2,1-2H3. The average molecular weight is 387 g/mol. The molecule has 5 heteroatoms. The number of carbonyl (C=O) groups excluding carboxylic acids is 2. The van der Waals surface area contributed by atoms with Gasteiger partial charge in [-0.3, -0.25) is 14.5 Å². The topological polar surface area (TPSA) is 60.9 Å². The number of nitrogens with zero attached hydrogens (tertiary/aromatic N) is 2. The second-order valence-electron chi connectivity index (χ2n) is 8.36. The summed E-state index contributed by atoms with van der Waals surface area (Å²) in [5.41, 5.74) is 3.43. The maximum Gasteiger partial charge on any atom is 0.223 e. The van der Waals surface area contributed by atoms with Gasteiger partial charge >= 0.3 is 0 Å². The van der Waals surface area contributed by atoms with E-state index in [1.54, 1.807) is 6.92 Å². The van der Waals surface area contributed by atoms with Crippen molar-refractivity contribution in [3.8, 4) is 0 Å². The Hall–Kier alpha value is -1.72. The van der Waals surface area contributed by atoms with Crippen molar-refractivity contribution in [3.63, 3.8) is 0 Å². The minimum absolute atomic E-state index is 0.0708. The second-order valence-corrected chi connectivity index (χ2v) is 8.36. The smallest absolute Gasteiger partial charge is 0.223 e. The van der Waals surface area contributed by atoms with Crippen LogP contribution >= 0.6 is 0 Å². The fourth-order valence-electron chi connectivity index (χ4n) is 4.52. The summed E-state index contributed by atoms with van der Waals surface area (Å²) >= 11 is 0. The molecule has 0 saturated carbocycles. The molecule has 1 heterocycles. The number of piperazine rings is 1. The molecule has 1 N–H and O–H groups in total. The maximum absolute atomic E-state index is 12.7. The van der Waals surface area contributed by atoms with Crippen molar-refractivity contribution in [2.45, 2.75) is 70.9 Å². The van der Waals surface area contributed by atoms with Crippen LogP contribution in [0.4, 0.5) is 0 Å². The number of ketones is 1. The van der Waals surface area contributed by atoms with E-state index in [9.17, 15) is 14.7 Å². The van der Waals surface area contributed by atoms with Crippen molar-refractivity contribution in [1.82, 2.24) is 9.80 Å². The van der Waals surface area contributed by atoms with Crippen molar-refractivity contribution >= 4 is 11.7 Å². The van der Waals surface area contributed by atoms with Crippen LogP contribution in [0, 0.1) is 0 Å². The molecule has 2 aliphatic rings. The number of aryl methyl sites for hydroxylation is 2. The van der Waals surface area contributed by atoms with Gasteiger partial charge in [0.25, 0.3) is 0 Å². The van der Waals surface area contributed by atoms with Gasteiger partial charge in [0.2, 0.25) is 5.91 Å². The number of fused-ring (bicyclic) bond motifs is 1. The predicted molar refractivity (Wildman–Crippen MR) is 111 cm³/mol. The number of hydrogen-bond acceptors (Lipinski definition) is 4. The van der Waals surface area contributed by atoms with Gasteiger partial charge in [0.15, 0.2) is 5.78 Å². The first-order chi connectivity index (χ1) is 13.5. The van der Waals surface area contributed by atoms with Crippen LogP contribution < -0.4 is 0 Å². The van der Waals surface area contributed by atoms with Gasteiger partial charge in [0.05, 0.1) is 6.10 Å². The molecule has 2 atom stereocenters. The third-order valence-corrected chi connectivity index (χ3v) is 6.16. The summed E-state index contributed by atoms with van der Waals surface area (Å²) in [6.07, 6.45) is 5.76. The lowest BCUT2D eigenvalue weighted by Gasteiger charge is -2.41. The minimum atomic E-state index is -0.356. The van der Waals surface area contributed by atoms with Gasteiger partial charge < -0.3 is 10.0 Å². The highest BCUT2D eigenvalue weighted by Crippen LogP contribution is 2.23. The van der Waals surface area contributed by atoms with Crippen LogP contribution in [0.1, 0.15) is 67.4 Å². The molecule has 1 aliphatic carbocycles. The summed E-state index contributed by atoms with van der Waals surface area (Å²) in [7, 11) is 0. The van der Waals surface area contributed by atoms with Crippen molar-refractivity contribution in [2.24, 2.45) is 0 Å². The average Bonchev–Trinajstić information content (AvgIpc) is 2.71. The lowest BCUT2D eigenvalue weighted by atomic mass is 9.89. The van der Waals surface area contributed by atoms with E-state index in [2.05, 4.69) is 17.9 Å². The Kier molecular flexibility index (Phi) is 7.24. The molecule has 3 rings (SSSR count). The number of Topliss-reactive ketones (excluding diaryl/α,β-unsaturated/α-hetero) is 1. The van der Waals surface area contributed by atoms with Crippen molar-refractivity contribution in [1.29, 1.82) is 0 Å². The van der Waals surface area contributed by atoms with Gasteiger partial charge in [0.1, 0.15) is 0 Å². The second kappa shape index (κ2) is 9.66. The minimum Gasteiger partial charge on any atom is -0.392 e. The number of aliphatic hydroxyl groups is 1. The molecule has 154 valence electrons. The third-order valence-electron chi connectivity index (χ3n) is 6.16. The van der Waals surface area contributed by atoms with E-state index in [-0.39, 0.29) is 36.7 Å². The van der Waals surface area contributed by atoms with Gasteiger partial charge in [-0.25, -0.2) is 0 Å². The number of hydrogen-bond donors (Lipinski definition) is 1. The number of aliphatic hydroxyl groups excluding tert-OH is 1. The Morgan fingerprint density at radius 1 is 1.14 bits per heavy atom. The summed E-state index contributed by atoms with van der Waals surface area (Å²) in [4.78, 5) is 29.4. The quantitative estimate of drug-likeness (QED) is 0.732. The molecule has 1 aliphatic heterocycles. The highest BCUT2D eigenvalue weighted by molar-refractivity contribution is 5.98. The third kappa shape index (κ3) is 5.21. The number of carbonyl (C=O) groups is 2. The molecular weight excluding hydrogens is 352 g/mol. The summed E-state index contributed by atoms with van der Waals surface area (Å²) in [5, 5.41) is 9.66. The highest BCUT2D eigenvalue weighted by atomic mass is 16.3. The molecule has 1 fully saturated rings. The van der Waals surface area contributed by atoms with E-state index in [1.165, 1.54) is 24.0 Å². The monoisotopic (exact) mass is 386 g/mol. The zero-order valence-corrected chi connectivity index (χ0v) is 17.3. The molecule has 2 unspecified atom stereocenters. The molecule has 1 saturated heterocycles. The predicted octanol–water partition coefficient (Wildman–Crippen LogP) is 2.83. The Morgan fingerprint density at radius 2 is 1.89 bits per heavy atom. The lowest BCUT2D eigenvalue weighted by Crippen LogP contribution is -2.55. The Morgan fingerprint density at radius 3 is 2.61 bits per heavy atom. The fraction of sp³-hybridized carbons (Fsp3) is 0.652. The van der Waals surface area contributed by atoms with E-state index in [0.29, 0.717) is 19.6 Å². The fourth-order valence-corrected chi connectivity index (χ4v) is 4.52. The van der Waals surface area contributed by atoms with Crippen LogP contribution in [-0.2, 0) is 17.6 Å². The van der Waals surface area contributed by atoms with Gasteiger partial charge in [-0.2, -0.15) is 0 Å². The first kappa shape index (κ1) is 21.0. The summed E-state index contributed by atoms with van der Waals surface area (Å²) in [6, 6.07) is 6.35. The largest absolute Gasteiger partial charge is 0.392 e. The number of benzene rings is 1. The number of rotatable bonds is 7. The molecule has 0 spiro atoms. The number of β-amino-alcohol motifs (C(OH)–C–C–N with tert-alkyl or cyclic N) is 1. The summed E-state index contributed by atoms with van der Waals surface area (Å²) in [5.74, 6) is 0.142. The number of amides is 1. The molecule has 5 nitrogen and oxygen atoms in total. The maximum atomic E-state index is 12.7. The molecule has 1 amide bonds. The Bertz CT molecular complexity index is 701. The van der Waals surface area contributed by atoms with E-state index >= 15 is 0 Å². The van der Waals surface area contributed by atoms with Crippen LogP contribution in [-0.4, -0.2) is 64.9 Å². The van der Waals surface area contributed by atoms with Gasteiger partial charge in [-0.05, 0) is 56.2 Å². The van der Waals surface area contributed by atoms with Crippen LogP contribution in [0.25, 0.3) is 0 Å². The van der Waals surface area contributed by atoms with Crippen molar-refractivity contribution in [3.05, 3.63) is 34.9 Å². The zero-order chi connectivity index (χ0) is 20.1. The van der Waals surface area contributed by atoms with E-state index in [1.807, 2.05) is 17.0 Å². The molecule has 1 aromatic carbocycles. The normalized spacial score (nSPS) is 21.2. The van der Waals surface area contributed by atoms with Crippen LogP contribution in [0.3, 0.4) is 0 Å². The Labute approximate surface area is 168 Å². The van der Waals surface area contributed by atoms with Gasteiger partial charge in [0, 0.05) is 50.6 Å². The van der Waals surface area contributed by atoms with Crippen LogP contribution in [0.2, 0.25) is 0 Å². The molecule has 1 aromatic rings. The molecule has 0 bridgehead atoms. The molecular formula is C23H34N2O3. The lowest BCUT2D eigenvalue weighted by molar-refractivity contribution is -0.134. The molecule has 28 heavy (non-hydrogen) atoms. The van der Waals surface area contributed by atoms with Crippen LogP contribution in [0.15, 0.2) is 18.2 Å². The van der Waals surface area contributed by atoms with Crippen molar-refractivity contribution in [2.75, 3.05) is 26.2 Å². The Balaban J connectivity index is 1.52. The van der Waals surface area contributed by atoms with E-state index in [0.717, 1.165) is 31.4 Å². The summed E-state index contributed by atoms with van der Waals surface area (Å²) in [6.45, 7) is 6.72. The van der Waals surface area contributed by atoms with E-state index in [4.69, 9.17) is 0 Å². The SMILES string of the molecule is CCC1CN(C(=O)CCC(=O)c2ccc3c(c2)CCCC3)CCN1CC(C)O. The van der Waals surface area contributed by atoms with E-state index < -0.39 is 0 Å². The van der Waals surface area contributed by atoms with Crippen molar-refractivity contribution < 1.29 is 14.7 Å². The molecule has 0 aromatic heterocycles. The van der Waals surface area contributed by atoms with Gasteiger partial charge in [-0.15, -0.1) is 0 Å².